The smallest absolute Gasteiger partial charge is 0.312 e. The number of imidazole rings is 1. The van der Waals surface area contributed by atoms with E-state index < -0.39 is 5.97 Å². The summed E-state index contributed by atoms with van der Waals surface area (Å²) in [5, 5.41) is 3.98. The number of rotatable bonds is 3. The van der Waals surface area contributed by atoms with E-state index >= 15 is 0 Å². The van der Waals surface area contributed by atoms with Crippen LogP contribution >= 0.6 is 0 Å². The van der Waals surface area contributed by atoms with Crippen molar-refractivity contribution in [2.45, 2.75) is 20.8 Å². The predicted molar refractivity (Wildman–Crippen MR) is 88.7 cm³/mol. The SMILES string of the molecule is C/C(=N/OC(=O)c1ccccc1)c1c(C)nc2cc(C)ccn12. The summed E-state index contributed by atoms with van der Waals surface area (Å²) < 4.78 is 1.94. The van der Waals surface area contributed by atoms with Crippen LogP contribution in [0.25, 0.3) is 5.65 Å². The van der Waals surface area contributed by atoms with Crippen molar-refractivity contribution < 1.29 is 9.63 Å². The Kier molecular flexibility index (Phi) is 3.93. The third-order valence-corrected chi connectivity index (χ3v) is 3.57. The van der Waals surface area contributed by atoms with Crippen molar-refractivity contribution >= 4 is 17.3 Å². The van der Waals surface area contributed by atoms with E-state index in [2.05, 4.69) is 10.1 Å². The van der Waals surface area contributed by atoms with Crippen molar-refractivity contribution in [1.29, 1.82) is 0 Å². The van der Waals surface area contributed by atoms with Crippen molar-refractivity contribution in [3.05, 3.63) is 71.2 Å². The maximum Gasteiger partial charge on any atom is 0.365 e. The maximum absolute atomic E-state index is 12.0. The molecule has 0 N–H and O–H groups in total. The zero-order valence-corrected chi connectivity index (χ0v) is 13.3. The number of oxime groups is 1. The second kappa shape index (κ2) is 6.04. The summed E-state index contributed by atoms with van der Waals surface area (Å²) in [5.74, 6) is -0.479. The van der Waals surface area contributed by atoms with Crippen molar-refractivity contribution in [1.82, 2.24) is 9.38 Å². The summed E-state index contributed by atoms with van der Waals surface area (Å²) in [4.78, 5) is 21.5. The third kappa shape index (κ3) is 2.99. The monoisotopic (exact) mass is 307 g/mol. The van der Waals surface area contributed by atoms with Crippen molar-refractivity contribution in [3.63, 3.8) is 0 Å². The summed E-state index contributed by atoms with van der Waals surface area (Å²) >= 11 is 0. The van der Waals surface area contributed by atoms with Crippen LogP contribution in [0.15, 0.2) is 53.8 Å². The van der Waals surface area contributed by atoms with Crippen LogP contribution in [0.3, 0.4) is 0 Å². The van der Waals surface area contributed by atoms with Gasteiger partial charge in [-0.15, -0.1) is 0 Å². The molecule has 0 aliphatic carbocycles. The van der Waals surface area contributed by atoms with Gasteiger partial charge in [-0.1, -0.05) is 23.4 Å². The van der Waals surface area contributed by atoms with Gasteiger partial charge >= 0.3 is 5.97 Å². The van der Waals surface area contributed by atoms with E-state index in [0.29, 0.717) is 11.3 Å². The number of carbonyl (C=O) groups is 1. The minimum Gasteiger partial charge on any atom is -0.312 e. The van der Waals surface area contributed by atoms with Gasteiger partial charge in [0.1, 0.15) is 11.4 Å². The highest BCUT2D eigenvalue weighted by molar-refractivity contribution is 5.99. The maximum atomic E-state index is 12.0. The molecule has 0 saturated carbocycles. The first-order chi connectivity index (χ1) is 11.1. The second-order valence-corrected chi connectivity index (χ2v) is 5.40. The molecule has 5 heteroatoms. The van der Waals surface area contributed by atoms with Gasteiger partial charge in [0.25, 0.3) is 0 Å². The Bertz CT molecular complexity index is 895. The van der Waals surface area contributed by atoms with Gasteiger partial charge in [0.05, 0.1) is 17.0 Å². The zero-order valence-electron chi connectivity index (χ0n) is 13.3. The number of hydrogen-bond acceptors (Lipinski definition) is 4. The Morgan fingerprint density at radius 2 is 1.91 bits per heavy atom. The lowest BCUT2D eigenvalue weighted by atomic mass is 10.2. The molecular weight excluding hydrogens is 290 g/mol. The Morgan fingerprint density at radius 3 is 2.65 bits per heavy atom. The lowest BCUT2D eigenvalue weighted by Gasteiger charge is -2.03. The van der Waals surface area contributed by atoms with Crippen LogP contribution in [-0.2, 0) is 4.84 Å². The average molecular weight is 307 g/mol. The van der Waals surface area contributed by atoms with Crippen LogP contribution in [0.1, 0.15) is 34.2 Å². The highest BCUT2D eigenvalue weighted by Gasteiger charge is 2.13. The normalized spacial score (nSPS) is 11.7. The van der Waals surface area contributed by atoms with Gasteiger partial charge in [-0.05, 0) is 50.6 Å². The highest BCUT2D eigenvalue weighted by atomic mass is 16.7. The first-order valence-electron chi connectivity index (χ1n) is 7.33. The molecule has 1 aromatic carbocycles. The molecule has 0 amide bonds. The first-order valence-corrected chi connectivity index (χ1v) is 7.33. The predicted octanol–water partition coefficient (Wildman–Crippen LogP) is 3.53. The second-order valence-electron chi connectivity index (χ2n) is 5.40. The molecule has 0 bridgehead atoms. The minimum absolute atomic E-state index is 0.467. The molecule has 23 heavy (non-hydrogen) atoms. The molecule has 0 fully saturated rings. The number of hydrogen-bond donors (Lipinski definition) is 0. The molecule has 0 spiro atoms. The average Bonchev–Trinajstić information content (AvgIpc) is 2.88. The largest absolute Gasteiger partial charge is 0.365 e. The fraction of sp³-hybridized carbons (Fsp3) is 0.167. The van der Waals surface area contributed by atoms with Crippen LogP contribution in [0.5, 0.6) is 0 Å². The number of aryl methyl sites for hydroxylation is 2. The van der Waals surface area contributed by atoms with E-state index in [9.17, 15) is 4.79 Å². The van der Waals surface area contributed by atoms with Crippen molar-refractivity contribution in [2.75, 3.05) is 0 Å². The minimum atomic E-state index is -0.479. The Morgan fingerprint density at radius 1 is 1.17 bits per heavy atom. The van der Waals surface area contributed by atoms with Gasteiger partial charge in [-0.25, -0.2) is 9.78 Å². The molecule has 0 radical (unpaired) electrons. The molecule has 3 rings (SSSR count). The quantitative estimate of drug-likeness (QED) is 0.422. The number of fused-ring (bicyclic) bond motifs is 1. The summed E-state index contributed by atoms with van der Waals surface area (Å²) in [6.45, 7) is 5.73. The molecule has 2 aromatic heterocycles. The van der Waals surface area contributed by atoms with Crippen molar-refractivity contribution in [3.8, 4) is 0 Å². The Hall–Kier alpha value is -2.95. The summed E-state index contributed by atoms with van der Waals surface area (Å²) in [6, 6.07) is 12.8. The van der Waals surface area contributed by atoms with Gasteiger partial charge in [-0.2, -0.15) is 0 Å². The summed E-state index contributed by atoms with van der Waals surface area (Å²) in [6.07, 6.45) is 1.94. The molecule has 3 aromatic rings. The topological polar surface area (TPSA) is 56.0 Å². The van der Waals surface area contributed by atoms with E-state index in [1.807, 2.05) is 42.6 Å². The standard InChI is InChI=1S/C18H17N3O2/c1-12-9-10-21-16(11-12)19-13(2)17(21)14(3)20-23-18(22)15-7-5-4-6-8-15/h4-11H,1-3H3/b20-14-. The lowest BCUT2D eigenvalue weighted by molar-refractivity contribution is 0.0516. The first kappa shape index (κ1) is 15.0. The Labute approximate surface area is 134 Å². The summed E-state index contributed by atoms with van der Waals surface area (Å²) in [7, 11) is 0. The van der Waals surface area contributed by atoms with E-state index in [-0.39, 0.29) is 0 Å². The van der Waals surface area contributed by atoms with Crippen LogP contribution in [-0.4, -0.2) is 21.1 Å². The molecular formula is C18H17N3O2. The molecule has 0 aliphatic heterocycles. The number of carbonyl (C=O) groups excluding carboxylic acids is 1. The fourth-order valence-corrected chi connectivity index (χ4v) is 2.48. The van der Waals surface area contributed by atoms with E-state index in [4.69, 9.17) is 4.84 Å². The van der Waals surface area contributed by atoms with Crippen molar-refractivity contribution in [2.24, 2.45) is 5.16 Å². The molecule has 2 heterocycles. The number of pyridine rings is 1. The number of nitrogens with zero attached hydrogens (tertiary/aromatic N) is 3. The number of benzene rings is 1. The molecule has 0 aliphatic rings. The van der Waals surface area contributed by atoms with E-state index in [0.717, 1.165) is 22.6 Å². The van der Waals surface area contributed by atoms with E-state index in [1.165, 1.54) is 0 Å². The van der Waals surface area contributed by atoms with Crippen LogP contribution in [0.4, 0.5) is 0 Å². The molecule has 116 valence electrons. The highest BCUT2D eigenvalue weighted by Crippen LogP contribution is 2.15. The molecule has 0 unspecified atom stereocenters. The molecule has 0 saturated heterocycles. The summed E-state index contributed by atoms with van der Waals surface area (Å²) in [5.41, 5.74) is 4.73. The number of aromatic nitrogens is 2. The van der Waals surface area contributed by atoms with Gasteiger partial charge in [0.2, 0.25) is 0 Å². The van der Waals surface area contributed by atoms with Gasteiger partial charge < -0.3 is 4.84 Å². The van der Waals surface area contributed by atoms with Gasteiger partial charge in [0.15, 0.2) is 0 Å². The van der Waals surface area contributed by atoms with Crippen LogP contribution in [0, 0.1) is 13.8 Å². The molecule has 0 atom stereocenters. The van der Waals surface area contributed by atoms with E-state index in [1.54, 1.807) is 31.2 Å². The fourth-order valence-electron chi connectivity index (χ4n) is 2.48. The third-order valence-electron chi connectivity index (χ3n) is 3.57. The van der Waals surface area contributed by atoms with Gasteiger partial charge in [0, 0.05) is 6.20 Å². The zero-order chi connectivity index (χ0) is 16.4. The van der Waals surface area contributed by atoms with Crippen LogP contribution < -0.4 is 0 Å². The lowest BCUT2D eigenvalue weighted by Crippen LogP contribution is -2.06. The van der Waals surface area contributed by atoms with Gasteiger partial charge in [-0.3, -0.25) is 4.40 Å². The molecule has 5 nitrogen and oxygen atoms in total. The Balaban J connectivity index is 1.90. The van der Waals surface area contributed by atoms with Crippen LogP contribution in [0.2, 0.25) is 0 Å².